The number of aliphatic hydroxyl groups is 2. The molecule has 7 N–H and O–H groups in total. The monoisotopic (exact) mass is 558 g/mol. The Hall–Kier alpha value is -5.13. The molecule has 0 fully saturated rings. The number of rotatable bonds is 2. The molecule has 41 heavy (non-hydrogen) atoms. The van der Waals surface area contributed by atoms with Crippen molar-refractivity contribution in [2.75, 3.05) is 0 Å². The quantitative estimate of drug-likeness (QED) is 0.192. The zero-order chi connectivity index (χ0) is 28.8. The van der Waals surface area contributed by atoms with Crippen molar-refractivity contribution in [3.05, 3.63) is 94.5 Å². The first kappa shape index (κ1) is 24.9. The third kappa shape index (κ3) is 3.24. The van der Waals surface area contributed by atoms with Gasteiger partial charge in [-0.15, -0.1) is 0 Å². The van der Waals surface area contributed by atoms with E-state index in [1.54, 1.807) is 12.1 Å². The Labute approximate surface area is 231 Å². The summed E-state index contributed by atoms with van der Waals surface area (Å²) in [4.78, 5) is 14.2. The summed E-state index contributed by atoms with van der Waals surface area (Å²) < 4.78 is 18.2. The van der Waals surface area contributed by atoms with Gasteiger partial charge < -0.3 is 50.0 Å². The zero-order valence-corrected chi connectivity index (χ0v) is 21.0. The van der Waals surface area contributed by atoms with Crippen LogP contribution in [0, 0.1) is 0 Å². The number of hydrogen-bond acceptors (Lipinski definition) is 11. The van der Waals surface area contributed by atoms with E-state index in [0.717, 1.165) is 12.1 Å². The van der Waals surface area contributed by atoms with Crippen LogP contribution in [0.1, 0.15) is 38.7 Å². The number of aromatic hydroxyl groups is 5. The number of benzene rings is 4. The van der Waals surface area contributed by atoms with Crippen LogP contribution < -0.4 is 14.2 Å². The standard InChI is InChI=1S/C30H22O11/c31-15-5-1-13(2-6-15)26-21(35)11-18-22(39-26)12-19-27(25(18)36)41-30(38,14-3-7-16(32)8-4-14)29(19)28(37)24-20(34)9-17(33)10-23(24)40-29/h1-10,12,21,26,31-36,38H,11H2/t21-,26+,29-,30+/m0/s1. The lowest BCUT2D eigenvalue weighted by atomic mass is 9.78. The van der Waals surface area contributed by atoms with Crippen LogP contribution in [0.3, 0.4) is 0 Å². The Morgan fingerprint density at radius 2 is 1.44 bits per heavy atom. The number of carbonyl (C=O) groups excluding carboxylic acids is 1. The summed E-state index contributed by atoms with van der Waals surface area (Å²) in [6.07, 6.45) is -2.11. The average Bonchev–Trinajstić information content (AvgIpc) is 3.37. The van der Waals surface area contributed by atoms with Gasteiger partial charge in [-0.3, -0.25) is 4.79 Å². The van der Waals surface area contributed by atoms with Crippen LogP contribution in [0.5, 0.6) is 46.0 Å². The number of carbonyl (C=O) groups is 1. The summed E-state index contributed by atoms with van der Waals surface area (Å²) in [5.74, 6) is -5.67. The van der Waals surface area contributed by atoms with Gasteiger partial charge in [0.25, 0.3) is 11.4 Å². The highest BCUT2D eigenvalue weighted by molar-refractivity contribution is 6.12. The van der Waals surface area contributed by atoms with E-state index in [4.69, 9.17) is 14.2 Å². The van der Waals surface area contributed by atoms with Gasteiger partial charge in [0.2, 0.25) is 5.78 Å². The van der Waals surface area contributed by atoms with Crippen LogP contribution in [0.2, 0.25) is 0 Å². The summed E-state index contributed by atoms with van der Waals surface area (Å²) >= 11 is 0. The molecule has 11 nitrogen and oxygen atoms in total. The second kappa shape index (κ2) is 8.19. The Kier molecular flexibility index (Phi) is 4.97. The van der Waals surface area contributed by atoms with Gasteiger partial charge in [-0.05, 0) is 48.0 Å². The molecule has 0 aliphatic carbocycles. The molecule has 0 radical (unpaired) electrons. The molecule has 208 valence electrons. The van der Waals surface area contributed by atoms with Gasteiger partial charge in [-0.1, -0.05) is 12.1 Å². The first-order chi connectivity index (χ1) is 19.5. The molecule has 1 spiro atoms. The largest absolute Gasteiger partial charge is 0.508 e. The highest BCUT2D eigenvalue weighted by atomic mass is 16.7. The number of fused-ring (bicyclic) bond motifs is 4. The topological polar surface area (TPSA) is 186 Å². The highest BCUT2D eigenvalue weighted by Gasteiger charge is 2.72. The van der Waals surface area contributed by atoms with Crippen molar-refractivity contribution in [2.24, 2.45) is 0 Å². The third-order valence-corrected chi connectivity index (χ3v) is 7.80. The van der Waals surface area contributed by atoms with Gasteiger partial charge >= 0.3 is 0 Å². The molecule has 0 saturated heterocycles. The molecule has 4 aromatic rings. The van der Waals surface area contributed by atoms with Crippen molar-refractivity contribution in [1.29, 1.82) is 0 Å². The Morgan fingerprint density at radius 3 is 2.12 bits per heavy atom. The van der Waals surface area contributed by atoms with Crippen molar-refractivity contribution >= 4 is 5.78 Å². The smallest absolute Gasteiger partial charge is 0.287 e. The van der Waals surface area contributed by atoms with Crippen LogP contribution in [0.15, 0.2) is 66.7 Å². The normalized spacial score (nSPS) is 25.6. The Bertz CT molecular complexity index is 1750. The van der Waals surface area contributed by atoms with Crippen LogP contribution in [-0.2, 0) is 17.8 Å². The molecule has 11 heteroatoms. The van der Waals surface area contributed by atoms with Crippen LogP contribution in [0.4, 0.5) is 0 Å². The van der Waals surface area contributed by atoms with E-state index in [2.05, 4.69) is 0 Å². The molecule has 0 bridgehead atoms. The lowest BCUT2D eigenvalue weighted by Crippen LogP contribution is -2.55. The summed E-state index contributed by atoms with van der Waals surface area (Å²) in [5, 5.41) is 74.6. The molecule has 0 saturated carbocycles. The summed E-state index contributed by atoms with van der Waals surface area (Å²) in [7, 11) is 0. The number of phenols is 5. The fourth-order valence-corrected chi connectivity index (χ4v) is 5.85. The number of aliphatic hydroxyl groups excluding tert-OH is 1. The molecule has 3 aliphatic heterocycles. The Morgan fingerprint density at radius 1 is 0.780 bits per heavy atom. The number of ketones is 1. The molecule has 0 aromatic heterocycles. The number of Topliss-reactive ketones (excluding diaryl/α,β-unsaturated/α-hetero) is 1. The SMILES string of the molecule is O=C1c2c(O)cc(O)cc2O[C@@]12c1cc3c(c(O)c1O[C@]2(O)c1ccc(O)cc1)C[C@H](O)[C@@H](c1ccc(O)cc1)O3. The molecular weight excluding hydrogens is 536 g/mol. The predicted molar refractivity (Wildman–Crippen MR) is 138 cm³/mol. The summed E-state index contributed by atoms with van der Waals surface area (Å²) in [6.45, 7) is 0. The molecule has 4 aromatic carbocycles. The number of phenolic OH excluding ortho intramolecular Hbond substituents is 5. The van der Waals surface area contributed by atoms with Crippen LogP contribution >= 0.6 is 0 Å². The van der Waals surface area contributed by atoms with E-state index in [1.807, 2.05) is 0 Å². The lowest BCUT2D eigenvalue weighted by molar-refractivity contribution is -0.218. The van der Waals surface area contributed by atoms with Crippen LogP contribution in [0.25, 0.3) is 0 Å². The highest BCUT2D eigenvalue weighted by Crippen LogP contribution is 2.64. The lowest BCUT2D eigenvalue weighted by Gasteiger charge is -2.36. The third-order valence-electron chi connectivity index (χ3n) is 7.80. The Balaban J connectivity index is 1.44. The fraction of sp³-hybridized carbons (Fsp3) is 0.167. The van der Waals surface area contributed by atoms with Gasteiger partial charge in [0.1, 0.15) is 46.2 Å². The number of hydrogen-bond donors (Lipinski definition) is 7. The molecule has 4 atom stereocenters. The fourth-order valence-electron chi connectivity index (χ4n) is 5.85. The van der Waals surface area contributed by atoms with Gasteiger partial charge in [-0.2, -0.15) is 0 Å². The second-order valence-corrected chi connectivity index (χ2v) is 10.2. The van der Waals surface area contributed by atoms with E-state index in [1.165, 1.54) is 42.5 Å². The maximum atomic E-state index is 14.2. The van der Waals surface area contributed by atoms with Gasteiger partial charge in [0, 0.05) is 29.7 Å². The molecule has 7 rings (SSSR count). The second-order valence-electron chi connectivity index (χ2n) is 10.2. The van der Waals surface area contributed by atoms with Gasteiger partial charge in [-0.25, -0.2) is 0 Å². The van der Waals surface area contributed by atoms with Crippen molar-refractivity contribution in [1.82, 2.24) is 0 Å². The molecular formula is C30H22O11. The minimum atomic E-state index is -2.64. The van der Waals surface area contributed by atoms with Gasteiger partial charge in [0.15, 0.2) is 11.5 Å². The van der Waals surface area contributed by atoms with E-state index in [0.29, 0.717) is 5.56 Å². The first-order valence-corrected chi connectivity index (χ1v) is 12.6. The average molecular weight is 558 g/mol. The van der Waals surface area contributed by atoms with Gasteiger partial charge in [0.05, 0.1) is 11.7 Å². The van der Waals surface area contributed by atoms with Crippen molar-refractivity contribution in [2.45, 2.75) is 30.0 Å². The first-order valence-electron chi connectivity index (χ1n) is 12.6. The molecule has 3 heterocycles. The molecule has 0 unspecified atom stereocenters. The van der Waals surface area contributed by atoms with E-state index >= 15 is 0 Å². The summed E-state index contributed by atoms with van der Waals surface area (Å²) in [5.41, 5.74) is -2.24. The van der Waals surface area contributed by atoms with Crippen molar-refractivity contribution in [3.8, 4) is 46.0 Å². The van der Waals surface area contributed by atoms with Crippen molar-refractivity contribution in [3.63, 3.8) is 0 Å². The van der Waals surface area contributed by atoms with E-state index < -0.39 is 46.6 Å². The molecule has 3 aliphatic rings. The van der Waals surface area contributed by atoms with E-state index in [-0.39, 0.29) is 57.4 Å². The van der Waals surface area contributed by atoms with Crippen LogP contribution in [-0.4, -0.2) is 47.6 Å². The van der Waals surface area contributed by atoms with Crippen molar-refractivity contribution < 1.29 is 54.8 Å². The maximum Gasteiger partial charge on any atom is 0.287 e. The minimum absolute atomic E-state index is 0.0215. The summed E-state index contributed by atoms with van der Waals surface area (Å²) in [6, 6.07) is 14.6. The molecule has 0 amide bonds. The zero-order valence-electron chi connectivity index (χ0n) is 21.0. The van der Waals surface area contributed by atoms with E-state index in [9.17, 15) is 40.5 Å². The number of ether oxygens (including phenoxy) is 3. The minimum Gasteiger partial charge on any atom is -0.508 e. The predicted octanol–water partition coefficient (Wildman–Crippen LogP) is 2.96. The maximum absolute atomic E-state index is 14.2.